The van der Waals surface area contributed by atoms with Crippen LogP contribution >= 0.6 is 0 Å². The molecule has 0 amide bonds. The van der Waals surface area contributed by atoms with Crippen LogP contribution in [0.25, 0.3) is 0 Å². The number of carbonyl (C=O) groups excluding carboxylic acids is 1. The molecule has 3 aromatic carbocycles. The smallest absolute Gasteiger partial charge is 0.162 e. The number of methoxy groups -OCH3 is 2. The summed E-state index contributed by atoms with van der Waals surface area (Å²) in [4.78, 5) is 12.9. The van der Waals surface area contributed by atoms with E-state index in [9.17, 15) is 4.79 Å². The molecule has 1 aliphatic rings. The Labute approximate surface area is 267 Å². The fourth-order valence-corrected chi connectivity index (χ4v) is 5.03. The molecule has 3 aromatic rings. The summed E-state index contributed by atoms with van der Waals surface area (Å²) in [5, 5.41) is 0. The second kappa shape index (κ2) is 17.0. The van der Waals surface area contributed by atoms with Crippen molar-refractivity contribution in [3.05, 3.63) is 120 Å². The molecule has 0 aromatic heterocycles. The SMILES string of the molecule is COc1ccc(COC/C=C/C(C)(C)C2=CC(=O)C[C@@H](CC(OCc3ccc(OC)cc3)C(C)OCc3ccccc3)O2)cc1. The van der Waals surface area contributed by atoms with Crippen molar-refractivity contribution in [2.24, 2.45) is 5.41 Å². The number of hydrogen-bond donors (Lipinski definition) is 0. The van der Waals surface area contributed by atoms with Gasteiger partial charge in [0.25, 0.3) is 0 Å². The van der Waals surface area contributed by atoms with E-state index in [0.29, 0.717) is 45.0 Å². The van der Waals surface area contributed by atoms with Crippen molar-refractivity contribution in [3.8, 4) is 11.5 Å². The Hall–Kier alpha value is -3.91. The first-order valence-electron chi connectivity index (χ1n) is 15.5. The van der Waals surface area contributed by atoms with Crippen molar-refractivity contribution in [1.82, 2.24) is 0 Å². The lowest BCUT2D eigenvalue weighted by Gasteiger charge is -2.34. The molecule has 0 saturated heterocycles. The molecule has 0 fully saturated rings. The quantitative estimate of drug-likeness (QED) is 0.114. The first-order chi connectivity index (χ1) is 21.8. The maximum atomic E-state index is 12.9. The normalized spacial score (nSPS) is 16.6. The molecule has 3 atom stereocenters. The monoisotopic (exact) mass is 614 g/mol. The van der Waals surface area contributed by atoms with Crippen LogP contribution in [0, 0.1) is 5.41 Å². The summed E-state index contributed by atoms with van der Waals surface area (Å²) >= 11 is 0. The van der Waals surface area contributed by atoms with Gasteiger partial charge in [-0.25, -0.2) is 0 Å². The van der Waals surface area contributed by atoms with Crippen molar-refractivity contribution in [3.63, 3.8) is 0 Å². The maximum Gasteiger partial charge on any atom is 0.162 e. The van der Waals surface area contributed by atoms with Crippen LogP contribution in [-0.4, -0.2) is 44.9 Å². The van der Waals surface area contributed by atoms with Crippen molar-refractivity contribution in [1.29, 1.82) is 0 Å². The molecule has 0 spiro atoms. The molecule has 7 nitrogen and oxygen atoms in total. The molecule has 1 aliphatic heterocycles. The van der Waals surface area contributed by atoms with Crippen LogP contribution in [0.1, 0.15) is 50.3 Å². The van der Waals surface area contributed by atoms with Crippen LogP contribution < -0.4 is 9.47 Å². The molecule has 2 unspecified atom stereocenters. The Bertz CT molecular complexity index is 1380. The number of hydrogen-bond acceptors (Lipinski definition) is 7. The molecule has 0 radical (unpaired) electrons. The van der Waals surface area contributed by atoms with E-state index in [4.69, 9.17) is 28.4 Å². The predicted octanol–water partition coefficient (Wildman–Crippen LogP) is 7.63. The minimum Gasteiger partial charge on any atom is -0.497 e. The van der Waals surface area contributed by atoms with Gasteiger partial charge in [0.05, 0.1) is 52.9 Å². The third-order valence-electron chi connectivity index (χ3n) is 7.82. The van der Waals surface area contributed by atoms with Gasteiger partial charge in [-0.15, -0.1) is 0 Å². The van der Waals surface area contributed by atoms with Gasteiger partial charge in [-0.05, 0) is 61.7 Å². The van der Waals surface area contributed by atoms with E-state index in [1.807, 2.05) is 112 Å². The van der Waals surface area contributed by atoms with Gasteiger partial charge in [0.15, 0.2) is 5.78 Å². The van der Waals surface area contributed by atoms with E-state index >= 15 is 0 Å². The van der Waals surface area contributed by atoms with Crippen molar-refractivity contribution >= 4 is 5.78 Å². The van der Waals surface area contributed by atoms with E-state index < -0.39 is 5.41 Å². The largest absolute Gasteiger partial charge is 0.497 e. The first kappa shape index (κ1) is 34.0. The highest BCUT2D eigenvalue weighted by molar-refractivity contribution is 5.91. The van der Waals surface area contributed by atoms with Gasteiger partial charge in [0, 0.05) is 24.3 Å². The van der Waals surface area contributed by atoms with E-state index in [1.165, 1.54) is 0 Å². The Morgan fingerprint density at radius 3 is 2.02 bits per heavy atom. The van der Waals surface area contributed by atoms with Gasteiger partial charge in [0.1, 0.15) is 23.4 Å². The average molecular weight is 615 g/mol. The summed E-state index contributed by atoms with van der Waals surface area (Å²) in [6.07, 6.45) is 5.59. The van der Waals surface area contributed by atoms with E-state index in [1.54, 1.807) is 20.3 Å². The van der Waals surface area contributed by atoms with Crippen LogP contribution in [0.4, 0.5) is 0 Å². The third kappa shape index (κ3) is 10.9. The number of ketones is 1. The molecule has 0 saturated carbocycles. The molecule has 0 bridgehead atoms. The number of ether oxygens (including phenoxy) is 6. The summed E-state index contributed by atoms with van der Waals surface area (Å²) in [7, 11) is 3.30. The maximum absolute atomic E-state index is 12.9. The molecular formula is C38H46O7. The molecular weight excluding hydrogens is 568 g/mol. The summed E-state index contributed by atoms with van der Waals surface area (Å²) in [5.41, 5.74) is 2.69. The zero-order valence-corrected chi connectivity index (χ0v) is 27.1. The van der Waals surface area contributed by atoms with Crippen molar-refractivity contribution in [2.45, 2.75) is 71.7 Å². The average Bonchev–Trinajstić information content (AvgIpc) is 3.06. The van der Waals surface area contributed by atoms with Crippen LogP contribution in [0.15, 0.2) is 103 Å². The number of rotatable bonds is 17. The Kier molecular flexibility index (Phi) is 12.8. The molecule has 7 heteroatoms. The Morgan fingerprint density at radius 1 is 0.822 bits per heavy atom. The third-order valence-corrected chi connectivity index (χ3v) is 7.82. The lowest BCUT2D eigenvalue weighted by molar-refractivity contribution is -0.123. The lowest BCUT2D eigenvalue weighted by Crippen LogP contribution is -2.36. The first-order valence-corrected chi connectivity index (χ1v) is 15.5. The molecule has 1 heterocycles. The highest BCUT2D eigenvalue weighted by Gasteiger charge is 2.33. The van der Waals surface area contributed by atoms with Crippen LogP contribution in [-0.2, 0) is 43.6 Å². The molecule has 45 heavy (non-hydrogen) atoms. The van der Waals surface area contributed by atoms with Crippen molar-refractivity contribution in [2.75, 3.05) is 20.8 Å². The summed E-state index contributed by atoms with van der Waals surface area (Å²) in [6, 6.07) is 25.7. The highest BCUT2D eigenvalue weighted by atomic mass is 16.5. The highest BCUT2D eigenvalue weighted by Crippen LogP contribution is 2.35. The summed E-state index contributed by atoms with van der Waals surface area (Å²) < 4.78 is 35.5. The fraction of sp³-hybridized carbons (Fsp3) is 0.395. The Morgan fingerprint density at radius 2 is 1.40 bits per heavy atom. The van der Waals surface area contributed by atoms with Gasteiger partial charge in [-0.3, -0.25) is 4.79 Å². The number of benzene rings is 3. The van der Waals surface area contributed by atoms with Gasteiger partial charge < -0.3 is 28.4 Å². The van der Waals surface area contributed by atoms with Gasteiger partial charge in [-0.2, -0.15) is 0 Å². The fourth-order valence-electron chi connectivity index (χ4n) is 5.03. The second-order valence-electron chi connectivity index (χ2n) is 11.8. The van der Waals surface area contributed by atoms with Gasteiger partial charge >= 0.3 is 0 Å². The lowest BCUT2D eigenvalue weighted by atomic mass is 9.87. The molecule has 4 rings (SSSR count). The summed E-state index contributed by atoms with van der Waals surface area (Å²) in [6.45, 7) is 7.91. The van der Waals surface area contributed by atoms with Crippen LogP contribution in [0.2, 0.25) is 0 Å². The van der Waals surface area contributed by atoms with Crippen molar-refractivity contribution < 1.29 is 33.2 Å². The van der Waals surface area contributed by atoms with Crippen LogP contribution in [0.5, 0.6) is 11.5 Å². The van der Waals surface area contributed by atoms with E-state index in [0.717, 1.165) is 28.2 Å². The molecule has 0 aliphatic carbocycles. The topological polar surface area (TPSA) is 72.5 Å². The Balaban J connectivity index is 1.36. The van der Waals surface area contributed by atoms with Gasteiger partial charge in [0.2, 0.25) is 0 Å². The predicted molar refractivity (Wildman–Crippen MR) is 175 cm³/mol. The zero-order valence-electron chi connectivity index (χ0n) is 27.1. The van der Waals surface area contributed by atoms with Crippen LogP contribution in [0.3, 0.4) is 0 Å². The zero-order chi connectivity index (χ0) is 32.1. The number of carbonyl (C=O) groups is 1. The minimum atomic E-state index is -0.493. The van der Waals surface area contributed by atoms with Gasteiger partial charge in [-0.1, -0.05) is 66.7 Å². The molecule has 0 N–H and O–H groups in total. The van der Waals surface area contributed by atoms with E-state index in [2.05, 4.69) is 0 Å². The second-order valence-corrected chi connectivity index (χ2v) is 11.8. The molecule has 240 valence electrons. The standard InChI is InChI=1S/C38H46O7/c1-28(43-26-29-10-7-6-8-11-29)36(44-27-31-14-18-34(41-5)19-15-31)24-35-22-32(39)23-37(45-35)38(2,3)20-9-21-42-25-30-12-16-33(40-4)17-13-30/h6-20,23,28,35-36H,21-22,24-27H2,1-5H3/b20-9+/t28?,35-,36?/m0/s1. The summed E-state index contributed by atoms with van der Waals surface area (Å²) in [5.74, 6) is 2.30. The number of allylic oxidation sites excluding steroid dienone is 2. The minimum absolute atomic E-state index is 0.0465. The van der Waals surface area contributed by atoms with E-state index in [-0.39, 0.29) is 24.1 Å².